The fourth-order valence-electron chi connectivity index (χ4n) is 3.64. The quantitative estimate of drug-likeness (QED) is 0.223. The molecule has 0 radical (unpaired) electrons. The fourth-order valence-corrected chi connectivity index (χ4v) is 4.62. The van der Waals surface area contributed by atoms with Crippen molar-refractivity contribution < 1.29 is 9.90 Å². The lowest BCUT2D eigenvalue weighted by atomic mass is 10.1. The molecule has 34 heavy (non-hydrogen) atoms. The minimum Gasteiger partial charge on any atom is -0.397 e. The largest absolute Gasteiger partial charge is 0.397 e. The second-order valence-corrected chi connectivity index (χ2v) is 9.22. The summed E-state index contributed by atoms with van der Waals surface area (Å²) in [5.74, 6) is 0.503. The third-order valence-corrected chi connectivity index (χ3v) is 6.66. The molecule has 2 amide bonds. The number of nitrogens with two attached hydrogens (primary N) is 2. The maximum Gasteiger partial charge on any atom is 0.319 e. The van der Waals surface area contributed by atoms with Crippen molar-refractivity contribution in [3.63, 3.8) is 0 Å². The first kappa shape index (κ1) is 22.1. The summed E-state index contributed by atoms with van der Waals surface area (Å²) in [7, 11) is 0. The summed E-state index contributed by atoms with van der Waals surface area (Å²) in [6.07, 6.45) is 0.953. The number of nitrogens with one attached hydrogen (secondary N) is 3. The highest BCUT2D eigenvalue weighted by atomic mass is 32.1. The zero-order valence-corrected chi connectivity index (χ0v) is 19.1. The van der Waals surface area contributed by atoms with Crippen molar-refractivity contribution in [2.45, 2.75) is 31.7 Å². The number of carbonyl (C=O) groups is 1. The molecule has 0 aliphatic heterocycles. The number of nitrogen functional groups attached to an aromatic ring is 1. The van der Waals surface area contributed by atoms with Crippen molar-refractivity contribution >= 4 is 44.9 Å². The average molecular weight is 476 g/mol. The van der Waals surface area contributed by atoms with E-state index in [1.807, 2.05) is 48.5 Å². The number of hydrogen-bond acceptors (Lipinski definition) is 8. The molecule has 0 spiro atoms. The van der Waals surface area contributed by atoms with Gasteiger partial charge in [0.1, 0.15) is 11.1 Å². The number of hydrogen-bond donors (Lipinski definition) is 6. The highest BCUT2D eigenvalue weighted by Gasteiger charge is 2.25. The number of carbonyl (C=O) groups excluding carboxylic acids is 1. The van der Waals surface area contributed by atoms with Gasteiger partial charge in [-0.2, -0.15) is 0 Å². The molecular weight excluding hydrogens is 450 g/mol. The van der Waals surface area contributed by atoms with E-state index in [-0.39, 0.29) is 6.03 Å². The normalized spacial score (nSPS) is 14.1. The zero-order chi connectivity index (χ0) is 23.7. The number of aliphatic hydroxyl groups is 1. The molecule has 2 aromatic heterocycles. The van der Waals surface area contributed by atoms with Gasteiger partial charge in [0.05, 0.1) is 21.6 Å². The van der Waals surface area contributed by atoms with Crippen LogP contribution < -0.4 is 27.4 Å². The number of rotatable bonds is 7. The van der Waals surface area contributed by atoms with E-state index in [4.69, 9.17) is 16.5 Å². The molecule has 10 heteroatoms. The van der Waals surface area contributed by atoms with E-state index >= 15 is 0 Å². The number of nitrogens with zero attached hydrogens (tertiary/aromatic N) is 2. The van der Waals surface area contributed by atoms with Crippen molar-refractivity contribution in [1.82, 2.24) is 15.3 Å². The van der Waals surface area contributed by atoms with Gasteiger partial charge in [-0.3, -0.25) is 0 Å². The van der Waals surface area contributed by atoms with Gasteiger partial charge >= 0.3 is 6.03 Å². The Morgan fingerprint density at radius 2 is 1.94 bits per heavy atom. The van der Waals surface area contributed by atoms with E-state index in [2.05, 4.69) is 20.9 Å². The molecule has 1 fully saturated rings. The summed E-state index contributed by atoms with van der Waals surface area (Å²) in [5.41, 5.74) is 15.4. The van der Waals surface area contributed by atoms with Crippen molar-refractivity contribution in [2.75, 3.05) is 16.4 Å². The fraction of sp³-hybridized carbons (Fsp3) is 0.208. The van der Waals surface area contributed by atoms with Crippen LogP contribution in [-0.4, -0.2) is 27.1 Å². The Hall–Kier alpha value is -3.73. The minimum absolute atomic E-state index is 0.312. The summed E-state index contributed by atoms with van der Waals surface area (Å²) in [6, 6.07) is 17.1. The summed E-state index contributed by atoms with van der Waals surface area (Å²) in [6.45, 7) is 0.421. The van der Waals surface area contributed by atoms with Gasteiger partial charge in [0.15, 0.2) is 0 Å². The lowest BCUT2D eigenvalue weighted by molar-refractivity contribution is 0.191. The number of anilines is 3. The smallest absolute Gasteiger partial charge is 0.319 e. The molecule has 5 rings (SSSR count). The number of urea groups is 1. The van der Waals surface area contributed by atoms with Crippen molar-refractivity contribution in [1.29, 1.82) is 0 Å². The Balaban J connectivity index is 1.44. The van der Waals surface area contributed by atoms with Gasteiger partial charge in [0.25, 0.3) is 0 Å². The van der Waals surface area contributed by atoms with Crippen LogP contribution in [0.5, 0.6) is 0 Å². The Kier molecular flexibility index (Phi) is 6.01. The first-order valence-electron chi connectivity index (χ1n) is 11.0. The van der Waals surface area contributed by atoms with E-state index in [0.29, 0.717) is 50.7 Å². The second kappa shape index (κ2) is 9.26. The Morgan fingerprint density at radius 1 is 1.15 bits per heavy atom. The topological polar surface area (TPSA) is 151 Å². The van der Waals surface area contributed by atoms with Crippen LogP contribution in [0.2, 0.25) is 0 Å². The number of aliphatic hydroxyl groups excluding tert-OH is 1. The van der Waals surface area contributed by atoms with E-state index in [9.17, 15) is 9.90 Å². The molecule has 1 saturated carbocycles. The van der Waals surface area contributed by atoms with E-state index in [1.54, 1.807) is 6.07 Å². The van der Waals surface area contributed by atoms with Gasteiger partial charge in [0, 0.05) is 23.8 Å². The summed E-state index contributed by atoms with van der Waals surface area (Å²) >= 11 is 1.25. The van der Waals surface area contributed by atoms with Crippen molar-refractivity contribution in [2.24, 2.45) is 5.73 Å². The molecule has 1 aliphatic rings. The van der Waals surface area contributed by atoms with Gasteiger partial charge in [-0.1, -0.05) is 42.5 Å². The number of thiophene rings is 1. The first-order valence-corrected chi connectivity index (χ1v) is 11.8. The van der Waals surface area contributed by atoms with Gasteiger partial charge in [-0.05, 0) is 30.5 Å². The molecule has 0 bridgehead atoms. The number of benzene rings is 2. The minimum atomic E-state index is -1.20. The van der Waals surface area contributed by atoms with Crippen LogP contribution in [0, 0.1) is 0 Å². The zero-order valence-electron chi connectivity index (χ0n) is 18.3. The van der Waals surface area contributed by atoms with E-state index < -0.39 is 6.23 Å². The van der Waals surface area contributed by atoms with Gasteiger partial charge in [-0.25, -0.2) is 14.8 Å². The van der Waals surface area contributed by atoms with Crippen LogP contribution in [0.3, 0.4) is 0 Å². The van der Waals surface area contributed by atoms with Crippen molar-refractivity contribution in [3.05, 3.63) is 65.0 Å². The maximum atomic E-state index is 12.4. The lowest BCUT2D eigenvalue weighted by Crippen LogP contribution is -2.28. The molecule has 0 saturated heterocycles. The van der Waals surface area contributed by atoms with E-state index in [0.717, 1.165) is 24.0 Å². The molecule has 4 aromatic rings. The summed E-state index contributed by atoms with van der Waals surface area (Å²) in [5, 5.41) is 19.6. The highest BCUT2D eigenvalue weighted by Crippen LogP contribution is 2.41. The third-order valence-electron chi connectivity index (χ3n) is 5.49. The maximum absolute atomic E-state index is 12.4. The molecule has 9 nitrogen and oxygen atoms in total. The lowest BCUT2D eigenvalue weighted by Gasteiger charge is -2.11. The molecule has 174 valence electrons. The van der Waals surface area contributed by atoms with Crippen LogP contribution in [0.1, 0.15) is 29.5 Å². The monoisotopic (exact) mass is 475 g/mol. The SMILES string of the molecule is Nc1c(C(N)O)sc2nc(NC3CC3)nc(-c3cccc(NC(=O)NCc4ccccc4)c3)c12. The molecular formula is C24H25N7O2S. The molecule has 2 aromatic carbocycles. The Bertz CT molecular complexity index is 1340. The van der Waals surface area contributed by atoms with Gasteiger partial charge < -0.3 is 32.5 Å². The molecule has 1 unspecified atom stereocenters. The van der Waals surface area contributed by atoms with Crippen LogP contribution >= 0.6 is 11.3 Å². The average Bonchev–Trinajstić information content (AvgIpc) is 3.58. The number of aromatic nitrogens is 2. The first-order chi connectivity index (χ1) is 16.5. The molecule has 1 aliphatic carbocycles. The number of amides is 2. The van der Waals surface area contributed by atoms with Crippen LogP contribution in [-0.2, 0) is 6.54 Å². The predicted molar refractivity (Wildman–Crippen MR) is 135 cm³/mol. The summed E-state index contributed by atoms with van der Waals surface area (Å²) in [4.78, 5) is 22.9. The molecule has 2 heterocycles. The number of fused-ring (bicyclic) bond motifs is 1. The predicted octanol–water partition coefficient (Wildman–Crippen LogP) is 3.79. The summed E-state index contributed by atoms with van der Waals surface area (Å²) < 4.78 is 0. The Morgan fingerprint density at radius 3 is 2.68 bits per heavy atom. The third kappa shape index (κ3) is 4.79. The standard InChI is InChI=1S/C24H25N7O2S/c25-18-17-19(30-23(28-15-9-10-15)31-22(17)34-20(18)21(26)32)14-7-4-8-16(11-14)29-24(33)27-12-13-5-2-1-3-6-13/h1-8,11,15,21,32H,9-10,12,25-26H2,(H2,27,29,33)(H,28,30,31). The van der Waals surface area contributed by atoms with Crippen molar-refractivity contribution in [3.8, 4) is 11.3 Å². The highest BCUT2D eigenvalue weighted by molar-refractivity contribution is 7.19. The van der Waals surface area contributed by atoms with Gasteiger partial charge in [-0.15, -0.1) is 11.3 Å². The van der Waals surface area contributed by atoms with Crippen LogP contribution in [0.15, 0.2) is 54.6 Å². The Labute approximate surface area is 200 Å². The van der Waals surface area contributed by atoms with Gasteiger partial charge in [0.2, 0.25) is 5.95 Å². The van der Waals surface area contributed by atoms with Crippen LogP contribution in [0.4, 0.5) is 22.1 Å². The second-order valence-electron chi connectivity index (χ2n) is 8.19. The van der Waals surface area contributed by atoms with Crippen LogP contribution in [0.25, 0.3) is 21.5 Å². The molecule has 1 atom stereocenters. The molecule has 8 N–H and O–H groups in total. The van der Waals surface area contributed by atoms with E-state index in [1.165, 1.54) is 11.3 Å².